The standard InChI is InChI=1S/C17H29N3O2.ClH/c1-3-13(2)17(22)20-10-4-5-15(12-20)16(21)19-11-14-6-8-18-9-7-14;/h6,13,15,18H,3-5,7-12H2,1-2H3,(H,19,21);1H. The Morgan fingerprint density at radius 2 is 2.26 bits per heavy atom. The van der Waals surface area contributed by atoms with Crippen molar-refractivity contribution < 1.29 is 9.59 Å². The average molecular weight is 344 g/mol. The molecule has 2 heterocycles. The number of amides is 2. The van der Waals surface area contributed by atoms with E-state index in [9.17, 15) is 9.59 Å². The topological polar surface area (TPSA) is 61.4 Å². The highest BCUT2D eigenvalue weighted by molar-refractivity contribution is 5.85. The van der Waals surface area contributed by atoms with E-state index in [4.69, 9.17) is 0 Å². The van der Waals surface area contributed by atoms with Crippen molar-refractivity contribution in [3.8, 4) is 0 Å². The Kier molecular flexibility index (Phi) is 8.63. The molecule has 132 valence electrons. The molecule has 0 bridgehead atoms. The highest BCUT2D eigenvalue weighted by Crippen LogP contribution is 2.19. The summed E-state index contributed by atoms with van der Waals surface area (Å²) in [7, 11) is 0. The van der Waals surface area contributed by atoms with Gasteiger partial charge < -0.3 is 15.5 Å². The molecule has 23 heavy (non-hydrogen) atoms. The normalized spacial score (nSPS) is 22.6. The smallest absolute Gasteiger partial charge is 0.225 e. The van der Waals surface area contributed by atoms with Gasteiger partial charge in [-0.15, -0.1) is 12.4 Å². The van der Waals surface area contributed by atoms with E-state index in [1.54, 1.807) is 0 Å². The zero-order valence-corrected chi connectivity index (χ0v) is 15.1. The van der Waals surface area contributed by atoms with Crippen LogP contribution in [0.25, 0.3) is 0 Å². The molecule has 2 atom stereocenters. The van der Waals surface area contributed by atoms with Gasteiger partial charge in [-0.2, -0.15) is 0 Å². The Morgan fingerprint density at radius 3 is 2.91 bits per heavy atom. The van der Waals surface area contributed by atoms with Crippen LogP contribution in [0.15, 0.2) is 11.6 Å². The van der Waals surface area contributed by atoms with Crippen LogP contribution >= 0.6 is 12.4 Å². The van der Waals surface area contributed by atoms with E-state index in [-0.39, 0.29) is 36.1 Å². The second-order valence-electron chi connectivity index (χ2n) is 6.47. The van der Waals surface area contributed by atoms with Crippen LogP contribution in [0.5, 0.6) is 0 Å². The Morgan fingerprint density at radius 1 is 1.48 bits per heavy atom. The van der Waals surface area contributed by atoms with Gasteiger partial charge in [-0.25, -0.2) is 0 Å². The predicted molar refractivity (Wildman–Crippen MR) is 94.6 cm³/mol. The quantitative estimate of drug-likeness (QED) is 0.747. The maximum absolute atomic E-state index is 12.4. The number of halogens is 1. The van der Waals surface area contributed by atoms with Crippen LogP contribution in [-0.2, 0) is 9.59 Å². The van der Waals surface area contributed by atoms with Gasteiger partial charge in [0.15, 0.2) is 0 Å². The summed E-state index contributed by atoms with van der Waals surface area (Å²) in [6, 6.07) is 0. The number of carbonyl (C=O) groups excluding carboxylic acids is 2. The zero-order chi connectivity index (χ0) is 15.9. The molecule has 1 saturated heterocycles. The number of rotatable bonds is 5. The van der Waals surface area contributed by atoms with Crippen LogP contribution in [0, 0.1) is 11.8 Å². The molecular weight excluding hydrogens is 314 g/mol. The summed E-state index contributed by atoms with van der Waals surface area (Å²) in [5.41, 5.74) is 1.30. The number of nitrogens with zero attached hydrogens (tertiary/aromatic N) is 1. The lowest BCUT2D eigenvalue weighted by molar-refractivity contribution is -0.138. The van der Waals surface area contributed by atoms with Crippen molar-refractivity contribution in [3.05, 3.63) is 11.6 Å². The van der Waals surface area contributed by atoms with Crippen molar-refractivity contribution in [2.45, 2.75) is 39.5 Å². The van der Waals surface area contributed by atoms with Crippen LogP contribution in [0.2, 0.25) is 0 Å². The molecule has 0 saturated carbocycles. The Bertz CT molecular complexity index is 440. The Balaban J connectivity index is 0.00000264. The SMILES string of the molecule is CCC(C)C(=O)N1CCCC(C(=O)NCC2=CCNCC2)C1.Cl. The Labute approximate surface area is 145 Å². The summed E-state index contributed by atoms with van der Waals surface area (Å²) < 4.78 is 0. The minimum absolute atomic E-state index is 0. The molecule has 2 N–H and O–H groups in total. The molecule has 5 nitrogen and oxygen atoms in total. The Hall–Kier alpha value is -1.07. The number of carbonyl (C=O) groups is 2. The van der Waals surface area contributed by atoms with Crippen molar-refractivity contribution in [3.63, 3.8) is 0 Å². The van der Waals surface area contributed by atoms with Crippen LogP contribution in [0.4, 0.5) is 0 Å². The fourth-order valence-corrected chi connectivity index (χ4v) is 3.05. The molecular formula is C17H30ClN3O2. The van der Waals surface area contributed by atoms with Crippen LogP contribution in [0.1, 0.15) is 39.5 Å². The van der Waals surface area contributed by atoms with Crippen molar-refractivity contribution >= 4 is 24.2 Å². The summed E-state index contributed by atoms with van der Waals surface area (Å²) in [6.07, 6.45) is 5.82. The van der Waals surface area contributed by atoms with Crippen molar-refractivity contribution in [1.29, 1.82) is 0 Å². The lowest BCUT2D eigenvalue weighted by Crippen LogP contribution is -2.47. The monoisotopic (exact) mass is 343 g/mol. The van der Waals surface area contributed by atoms with Crippen molar-refractivity contribution in [1.82, 2.24) is 15.5 Å². The fourth-order valence-electron chi connectivity index (χ4n) is 3.05. The minimum Gasteiger partial charge on any atom is -0.352 e. The van der Waals surface area contributed by atoms with Gasteiger partial charge in [0.2, 0.25) is 11.8 Å². The first-order chi connectivity index (χ1) is 10.6. The molecule has 2 aliphatic rings. The van der Waals surface area contributed by atoms with Crippen LogP contribution in [0.3, 0.4) is 0 Å². The third kappa shape index (κ3) is 5.81. The molecule has 0 aromatic carbocycles. The molecule has 2 rings (SSSR count). The van der Waals surface area contributed by atoms with Gasteiger partial charge in [-0.1, -0.05) is 25.5 Å². The van der Waals surface area contributed by atoms with Gasteiger partial charge in [-0.05, 0) is 32.2 Å². The number of nitrogens with one attached hydrogen (secondary N) is 2. The van der Waals surface area contributed by atoms with Crippen LogP contribution < -0.4 is 10.6 Å². The van der Waals surface area contributed by atoms with E-state index < -0.39 is 0 Å². The summed E-state index contributed by atoms with van der Waals surface area (Å²) in [6.45, 7) is 7.91. The van der Waals surface area contributed by atoms with Gasteiger partial charge in [0.05, 0.1) is 5.92 Å². The van der Waals surface area contributed by atoms with Gasteiger partial charge in [-0.3, -0.25) is 9.59 Å². The number of hydrogen-bond acceptors (Lipinski definition) is 3. The molecule has 1 fully saturated rings. The minimum atomic E-state index is -0.0518. The van der Waals surface area contributed by atoms with Gasteiger partial charge in [0.25, 0.3) is 0 Å². The summed E-state index contributed by atoms with van der Waals surface area (Å²) in [5.74, 6) is 0.299. The summed E-state index contributed by atoms with van der Waals surface area (Å²) in [5, 5.41) is 6.32. The van der Waals surface area contributed by atoms with Gasteiger partial charge >= 0.3 is 0 Å². The maximum atomic E-state index is 12.4. The fraction of sp³-hybridized carbons (Fsp3) is 0.765. The molecule has 2 aliphatic heterocycles. The van der Waals surface area contributed by atoms with Gasteiger partial charge in [0.1, 0.15) is 0 Å². The van der Waals surface area contributed by atoms with E-state index in [0.29, 0.717) is 13.1 Å². The maximum Gasteiger partial charge on any atom is 0.225 e. The van der Waals surface area contributed by atoms with E-state index in [1.807, 2.05) is 18.7 Å². The van der Waals surface area contributed by atoms with E-state index >= 15 is 0 Å². The molecule has 0 aromatic rings. The number of likely N-dealkylation sites (tertiary alicyclic amines) is 1. The molecule has 0 aliphatic carbocycles. The van der Waals surface area contributed by atoms with E-state index in [2.05, 4.69) is 16.7 Å². The lowest BCUT2D eigenvalue weighted by Gasteiger charge is -2.33. The second-order valence-corrected chi connectivity index (χ2v) is 6.47. The summed E-state index contributed by atoms with van der Waals surface area (Å²) in [4.78, 5) is 26.5. The first-order valence-electron chi connectivity index (χ1n) is 8.57. The van der Waals surface area contributed by atoms with Gasteiger partial charge in [0, 0.05) is 32.1 Å². The second kappa shape index (κ2) is 9.93. The van der Waals surface area contributed by atoms with Crippen LogP contribution in [-0.4, -0.2) is 49.4 Å². The van der Waals surface area contributed by atoms with Crippen molar-refractivity contribution in [2.75, 3.05) is 32.7 Å². The first kappa shape index (κ1) is 20.0. The molecule has 0 aromatic heterocycles. The summed E-state index contributed by atoms with van der Waals surface area (Å²) >= 11 is 0. The molecule has 0 radical (unpaired) electrons. The lowest BCUT2D eigenvalue weighted by atomic mass is 9.95. The molecule has 2 unspecified atom stereocenters. The molecule has 0 spiro atoms. The highest BCUT2D eigenvalue weighted by Gasteiger charge is 2.29. The molecule has 2 amide bonds. The van der Waals surface area contributed by atoms with Crippen molar-refractivity contribution in [2.24, 2.45) is 11.8 Å². The number of piperidine rings is 1. The molecule has 6 heteroatoms. The average Bonchev–Trinajstić information content (AvgIpc) is 2.59. The third-order valence-corrected chi connectivity index (χ3v) is 4.79. The van der Waals surface area contributed by atoms with E-state index in [1.165, 1.54) is 5.57 Å². The van der Waals surface area contributed by atoms with E-state index in [0.717, 1.165) is 45.3 Å². The number of hydrogen-bond donors (Lipinski definition) is 2. The highest BCUT2D eigenvalue weighted by atomic mass is 35.5. The largest absolute Gasteiger partial charge is 0.352 e. The predicted octanol–water partition coefficient (Wildman–Crippen LogP) is 1.73. The zero-order valence-electron chi connectivity index (χ0n) is 14.3. The third-order valence-electron chi connectivity index (χ3n) is 4.79. The first-order valence-corrected chi connectivity index (χ1v) is 8.57.